The highest BCUT2D eigenvalue weighted by molar-refractivity contribution is 7.11. The molecule has 0 spiro atoms. The van der Waals surface area contributed by atoms with E-state index in [0.717, 1.165) is 5.56 Å². The maximum atomic E-state index is 12.8. The van der Waals surface area contributed by atoms with Crippen LogP contribution in [0.15, 0.2) is 66.0 Å². The van der Waals surface area contributed by atoms with Crippen LogP contribution in [-0.4, -0.2) is 24.3 Å². The Kier molecular flexibility index (Phi) is 6.22. The van der Waals surface area contributed by atoms with E-state index in [1.165, 1.54) is 23.5 Å². The Hall–Kier alpha value is -3.12. The summed E-state index contributed by atoms with van der Waals surface area (Å²) in [6.45, 7) is 0.614. The van der Waals surface area contributed by atoms with Crippen LogP contribution in [0, 0.1) is 5.82 Å². The van der Waals surface area contributed by atoms with Gasteiger partial charge < -0.3 is 14.6 Å². The Bertz CT molecular complexity index is 918. The fourth-order valence-corrected chi connectivity index (χ4v) is 3.11. The van der Waals surface area contributed by atoms with Gasteiger partial charge in [0.15, 0.2) is 0 Å². The van der Waals surface area contributed by atoms with Gasteiger partial charge in [-0.05, 0) is 59.5 Å². The Balaban J connectivity index is 1.60. The first-order chi connectivity index (χ1) is 13.1. The Morgan fingerprint density at radius 2 is 1.74 bits per heavy atom. The van der Waals surface area contributed by atoms with Gasteiger partial charge >= 0.3 is 5.97 Å². The molecule has 0 saturated heterocycles. The normalized spacial score (nSPS) is 11.2. The summed E-state index contributed by atoms with van der Waals surface area (Å²) in [7, 11) is 0. The lowest BCUT2D eigenvalue weighted by Gasteiger charge is -2.09. The monoisotopic (exact) mass is 384 g/mol. The minimum Gasteiger partial charge on any atom is -0.490 e. The zero-order valence-corrected chi connectivity index (χ0v) is 15.1. The standard InChI is InChI=1S/C21H17FO4S/c22-16-6-8-17(9-7-16)25-10-11-26-18-4-1-3-15(13-18)14-19(21(23)24)20-5-2-12-27-20/h1-9,12-14H,10-11H2,(H,23,24)/b19-14-. The quantitative estimate of drug-likeness (QED) is 0.440. The van der Waals surface area contributed by atoms with E-state index in [0.29, 0.717) is 29.6 Å². The molecular formula is C21H17FO4S. The summed E-state index contributed by atoms with van der Waals surface area (Å²) in [6.07, 6.45) is 1.62. The van der Waals surface area contributed by atoms with Gasteiger partial charge in [-0.3, -0.25) is 0 Å². The molecule has 1 aromatic heterocycles. The fourth-order valence-electron chi connectivity index (χ4n) is 2.38. The van der Waals surface area contributed by atoms with Gasteiger partial charge in [-0.25, -0.2) is 9.18 Å². The van der Waals surface area contributed by atoms with Crippen molar-refractivity contribution in [2.24, 2.45) is 0 Å². The molecule has 0 aliphatic rings. The fraction of sp³-hybridized carbons (Fsp3) is 0.0952. The predicted molar refractivity (Wildman–Crippen MR) is 104 cm³/mol. The molecule has 1 N–H and O–H groups in total. The Morgan fingerprint density at radius 3 is 2.41 bits per heavy atom. The van der Waals surface area contributed by atoms with Crippen molar-refractivity contribution in [2.75, 3.05) is 13.2 Å². The second-order valence-electron chi connectivity index (χ2n) is 5.56. The van der Waals surface area contributed by atoms with E-state index in [4.69, 9.17) is 9.47 Å². The lowest BCUT2D eigenvalue weighted by Crippen LogP contribution is -2.09. The minimum absolute atomic E-state index is 0.238. The largest absolute Gasteiger partial charge is 0.490 e. The molecule has 0 unspecified atom stereocenters. The van der Waals surface area contributed by atoms with Gasteiger partial charge in [0.05, 0.1) is 5.57 Å². The molecule has 4 nitrogen and oxygen atoms in total. The molecule has 0 saturated carbocycles. The molecule has 1 heterocycles. The second kappa shape index (κ2) is 9.00. The highest BCUT2D eigenvalue weighted by Crippen LogP contribution is 2.24. The number of thiophene rings is 1. The van der Waals surface area contributed by atoms with Crippen molar-refractivity contribution >= 4 is 29.0 Å². The summed E-state index contributed by atoms with van der Waals surface area (Å²) in [4.78, 5) is 12.2. The van der Waals surface area contributed by atoms with Gasteiger partial charge in [-0.15, -0.1) is 11.3 Å². The van der Waals surface area contributed by atoms with E-state index < -0.39 is 5.97 Å². The van der Waals surface area contributed by atoms with Crippen molar-refractivity contribution in [1.82, 2.24) is 0 Å². The number of carboxylic acid groups (broad SMARTS) is 1. The third-order valence-corrected chi connectivity index (χ3v) is 4.52. The maximum Gasteiger partial charge on any atom is 0.337 e. The van der Waals surface area contributed by atoms with Crippen LogP contribution in [0.2, 0.25) is 0 Å². The molecule has 0 bridgehead atoms. The SMILES string of the molecule is O=C(O)/C(=C\c1cccc(OCCOc2ccc(F)cc2)c1)c1cccs1. The van der Waals surface area contributed by atoms with Crippen LogP contribution < -0.4 is 9.47 Å². The Labute approximate surface area is 160 Å². The lowest BCUT2D eigenvalue weighted by molar-refractivity contribution is -0.130. The van der Waals surface area contributed by atoms with Gasteiger partial charge in [-0.2, -0.15) is 0 Å². The number of hydrogen-bond acceptors (Lipinski definition) is 4. The van der Waals surface area contributed by atoms with E-state index in [-0.39, 0.29) is 11.4 Å². The van der Waals surface area contributed by atoms with Crippen LogP contribution in [0.4, 0.5) is 4.39 Å². The van der Waals surface area contributed by atoms with Gasteiger partial charge in [0, 0.05) is 4.88 Å². The van der Waals surface area contributed by atoms with E-state index in [1.54, 1.807) is 42.5 Å². The topological polar surface area (TPSA) is 55.8 Å². The van der Waals surface area contributed by atoms with Crippen molar-refractivity contribution < 1.29 is 23.8 Å². The second-order valence-corrected chi connectivity index (χ2v) is 6.51. The summed E-state index contributed by atoms with van der Waals surface area (Å²) in [5.74, 6) is -0.107. The summed E-state index contributed by atoms with van der Waals surface area (Å²) in [5, 5.41) is 11.3. The van der Waals surface area contributed by atoms with E-state index in [9.17, 15) is 14.3 Å². The molecule has 27 heavy (non-hydrogen) atoms. The van der Waals surface area contributed by atoms with E-state index in [1.807, 2.05) is 17.5 Å². The number of halogens is 1. The van der Waals surface area contributed by atoms with Gasteiger partial charge in [0.25, 0.3) is 0 Å². The number of ether oxygens (including phenoxy) is 2. The van der Waals surface area contributed by atoms with Gasteiger partial charge in [0.2, 0.25) is 0 Å². The number of benzene rings is 2. The van der Waals surface area contributed by atoms with Gasteiger partial charge in [0.1, 0.15) is 30.5 Å². The summed E-state index contributed by atoms with van der Waals surface area (Å²) in [5.41, 5.74) is 0.972. The molecule has 0 aliphatic carbocycles. The zero-order valence-electron chi connectivity index (χ0n) is 14.3. The van der Waals surface area contributed by atoms with Crippen LogP contribution in [0.5, 0.6) is 11.5 Å². The highest BCUT2D eigenvalue weighted by Gasteiger charge is 2.11. The van der Waals surface area contributed by atoms with Crippen molar-refractivity contribution in [2.45, 2.75) is 0 Å². The number of carboxylic acids is 1. The predicted octanol–water partition coefficient (Wildman–Crippen LogP) is 4.97. The van der Waals surface area contributed by atoms with E-state index in [2.05, 4.69) is 0 Å². The molecule has 138 valence electrons. The first kappa shape index (κ1) is 18.7. The molecule has 0 amide bonds. The maximum absolute atomic E-state index is 12.8. The third-order valence-electron chi connectivity index (χ3n) is 3.62. The van der Waals surface area contributed by atoms with Crippen molar-refractivity contribution in [3.8, 4) is 11.5 Å². The van der Waals surface area contributed by atoms with Crippen LogP contribution in [0.3, 0.4) is 0 Å². The van der Waals surface area contributed by atoms with Crippen LogP contribution in [0.25, 0.3) is 11.6 Å². The molecule has 0 aliphatic heterocycles. The summed E-state index contributed by atoms with van der Waals surface area (Å²) >= 11 is 1.38. The summed E-state index contributed by atoms with van der Waals surface area (Å²) < 4.78 is 24.0. The average Bonchev–Trinajstić information content (AvgIpc) is 3.19. The Morgan fingerprint density at radius 1 is 1.00 bits per heavy atom. The molecule has 6 heteroatoms. The molecule has 0 fully saturated rings. The van der Waals surface area contributed by atoms with Crippen molar-refractivity contribution in [1.29, 1.82) is 0 Å². The zero-order chi connectivity index (χ0) is 19.1. The van der Waals surface area contributed by atoms with Gasteiger partial charge in [-0.1, -0.05) is 18.2 Å². The molecule has 0 radical (unpaired) electrons. The molecule has 3 rings (SSSR count). The average molecular weight is 384 g/mol. The van der Waals surface area contributed by atoms with E-state index >= 15 is 0 Å². The molecular weight excluding hydrogens is 367 g/mol. The van der Waals surface area contributed by atoms with Crippen LogP contribution >= 0.6 is 11.3 Å². The number of hydrogen-bond donors (Lipinski definition) is 1. The van der Waals surface area contributed by atoms with Crippen LogP contribution in [-0.2, 0) is 4.79 Å². The first-order valence-corrected chi connectivity index (χ1v) is 9.10. The first-order valence-electron chi connectivity index (χ1n) is 8.22. The number of rotatable bonds is 8. The smallest absolute Gasteiger partial charge is 0.337 e. The molecule has 0 atom stereocenters. The lowest BCUT2D eigenvalue weighted by atomic mass is 10.1. The minimum atomic E-state index is -0.975. The number of carbonyl (C=O) groups is 1. The molecule has 3 aromatic rings. The van der Waals surface area contributed by atoms with Crippen molar-refractivity contribution in [3.63, 3.8) is 0 Å². The van der Waals surface area contributed by atoms with Crippen LogP contribution in [0.1, 0.15) is 10.4 Å². The molecule has 2 aromatic carbocycles. The highest BCUT2D eigenvalue weighted by atomic mass is 32.1. The number of aliphatic carboxylic acids is 1. The van der Waals surface area contributed by atoms with Crippen molar-refractivity contribution in [3.05, 3.63) is 82.3 Å². The summed E-state index contributed by atoms with van der Waals surface area (Å²) in [6, 6.07) is 16.6. The third kappa shape index (κ3) is 5.43.